The van der Waals surface area contributed by atoms with E-state index in [1.807, 2.05) is 24.3 Å². The lowest BCUT2D eigenvalue weighted by Crippen LogP contribution is -2.11. The predicted octanol–water partition coefficient (Wildman–Crippen LogP) is 1.59. The van der Waals surface area contributed by atoms with E-state index < -0.39 is 0 Å². The van der Waals surface area contributed by atoms with E-state index in [9.17, 15) is 0 Å². The number of ether oxygens (including phenoxy) is 1. The highest BCUT2D eigenvalue weighted by molar-refractivity contribution is 5.85. The Kier molecular flexibility index (Phi) is 8.09. The van der Waals surface area contributed by atoms with Crippen molar-refractivity contribution in [1.82, 2.24) is 5.32 Å². The van der Waals surface area contributed by atoms with Crippen molar-refractivity contribution in [3.05, 3.63) is 29.8 Å². The van der Waals surface area contributed by atoms with Gasteiger partial charge in [-0.2, -0.15) is 0 Å². The number of benzene rings is 1. The Labute approximate surface area is 96.9 Å². The quantitative estimate of drug-likeness (QED) is 0.781. The van der Waals surface area contributed by atoms with E-state index in [4.69, 9.17) is 9.84 Å². The topological polar surface area (TPSA) is 41.5 Å². The molecule has 0 saturated heterocycles. The Bertz CT molecular complexity index is 224. The summed E-state index contributed by atoms with van der Waals surface area (Å²) in [5.74, 6) is 0.805. The fourth-order valence-corrected chi connectivity index (χ4v) is 1.14. The summed E-state index contributed by atoms with van der Waals surface area (Å²) >= 11 is 0. The zero-order valence-corrected chi connectivity index (χ0v) is 9.72. The monoisotopic (exact) mass is 231 g/mol. The molecule has 0 aliphatic rings. The van der Waals surface area contributed by atoms with Crippen LogP contribution in [0.4, 0.5) is 0 Å². The van der Waals surface area contributed by atoms with Gasteiger partial charge in [0, 0.05) is 6.54 Å². The zero-order valence-electron chi connectivity index (χ0n) is 8.90. The maximum Gasteiger partial charge on any atom is 0.119 e. The van der Waals surface area contributed by atoms with Gasteiger partial charge in [-0.3, -0.25) is 0 Å². The van der Waals surface area contributed by atoms with Crippen LogP contribution in [0.15, 0.2) is 24.3 Å². The summed E-state index contributed by atoms with van der Waals surface area (Å²) in [5, 5.41) is 11.8. The molecule has 0 spiro atoms. The number of nitrogens with one attached hydrogen (secondary N) is 1. The van der Waals surface area contributed by atoms with Crippen LogP contribution in [0.25, 0.3) is 0 Å². The molecule has 0 aromatic heterocycles. The lowest BCUT2D eigenvalue weighted by molar-refractivity contribution is 0.201. The van der Waals surface area contributed by atoms with E-state index in [1.54, 1.807) is 0 Å². The summed E-state index contributed by atoms with van der Waals surface area (Å²) < 4.78 is 5.24. The smallest absolute Gasteiger partial charge is 0.119 e. The minimum atomic E-state index is 0. The average Bonchev–Trinajstić information content (AvgIpc) is 2.25. The van der Waals surface area contributed by atoms with Crippen LogP contribution in [-0.4, -0.2) is 24.9 Å². The average molecular weight is 232 g/mol. The summed E-state index contributed by atoms with van der Waals surface area (Å²) in [4.78, 5) is 0. The second kappa shape index (κ2) is 8.53. The molecule has 4 heteroatoms. The van der Waals surface area contributed by atoms with Gasteiger partial charge in [0.15, 0.2) is 0 Å². The first-order chi connectivity index (χ1) is 6.86. The van der Waals surface area contributed by atoms with Crippen molar-refractivity contribution in [2.45, 2.75) is 13.5 Å². The number of halogens is 1. The maximum atomic E-state index is 8.56. The SMILES string of the molecule is CCNCc1ccc(OCCO)cc1.Cl. The van der Waals surface area contributed by atoms with Gasteiger partial charge < -0.3 is 15.2 Å². The van der Waals surface area contributed by atoms with E-state index in [0.29, 0.717) is 6.61 Å². The molecule has 0 aliphatic heterocycles. The standard InChI is InChI=1S/C11H17NO2.ClH/c1-2-12-9-10-3-5-11(6-4-10)14-8-7-13;/h3-6,12-13H,2,7-9H2,1H3;1H. The van der Waals surface area contributed by atoms with Crippen molar-refractivity contribution in [1.29, 1.82) is 0 Å². The largest absolute Gasteiger partial charge is 0.491 e. The number of rotatable bonds is 6. The Morgan fingerprint density at radius 1 is 1.27 bits per heavy atom. The lowest BCUT2D eigenvalue weighted by atomic mass is 10.2. The molecule has 0 saturated carbocycles. The Balaban J connectivity index is 0.00000196. The summed E-state index contributed by atoms with van der Waals surface area (Å²) in [5.41, 5.74) is 1.24. The van der Waals surface area contributed by atoms with Gasteiger partial charge in [0.2, 0.25) is 0 Å². The van der Waals surface area contributed by atoms with Crippen molar-refractivity contribution in [3.63, 3.8) is 0 Å². The molecule has 0 amide bonds. The second-order valence-electron chi connectivity index (χ2n) is 3.00. The van der Waals surface area contributed by atoms with Crippen LogP contribution in [0, 0.1) is 0 Å². The van der Waals surface area contributed by atoms with Gasteiger partial charge in [0.25, 0.3) is 0 Å². The Morgan fingerprint density at radius 3 is 2.47 bits per heavy atom. The third kappa shape index (κ3) is 5.62. The predicted molar refractivity (Wildman–Crippen MR) is 63.7 cm³/mol. The fraction of sp³-hybridized carbons (Fsp3) is 0.455. The molecule has 0 aliphatic carbocycles. The first-order valence-electron chi connectivity index (χ1n) is 4.90. The molecule has 1 aromatic rings. The van der Waals surface area contributed by atoms with Gasteiger partial charge in [0.05, 0.1) is 6.61 Å². The van der Waals surface area contributed by atoms with Crippen LogP contribution in [-0.2, 0) is 6.54 Å². The summed E-state index contributed by atoms with van der Waals surface area (Å²) in [6.45, 7) is 4.35. The summed E-state index contributed by atoms with van der Waals surface area (Å²) in [6.07, 6.45) is 0. The van der Waals surface area contributed by atoms with Crippen LogP contribution in [0.5, 0.6) is 5.75 Å². The molecular formula is C11H18ClNO2. The molecule has 0 fully saturated rings. The molecule has 0 bridgehead atoms. The maximum absolute atomic E-state index is 8.56. The molecule has 0 radical (unpaired) electrons. The number of hydrogen-bond acceptors (Lipinski definition) is 3. The molecule has 86 valence electrons. The molecule has 0 atom stereocenters. The van der Waals surface area contributed by atoms with Gasteiger partial charge in [-0.25, -0.2) is 0 Å². The van der Waals surface area contributed by atoms with Gasteiger partial charge in [-0.15, -0.1) is 12.4 Å². The molecule has 1 rings (SSSR count). The molecular weight excluding hydrogens is 214 g/mol. The minimum Gasteiger partial charge on any atom is -0.491 e. The third-order valence-corrected chi connectivity index (χ3v) is 1.86. The van der Waals surface area contributed by atoms with Crippen LogP contribution in [0.3, 0.4) is 0 Å². The summed E-state index contributed by atoms with van der Waals surface area (Å²) in [6, 6.07) is 7.88. The normalized spacial score (nSPS) is 9.47. The van der Waals surface area contributed by atoms with Crippen molar-refractivity contribution >= 4 is 12.4 Å². The highest BCUT2D eigenvalue weighted by Gasteiger charge is 1.94. The third-order valence-electron chi connectivity index (χ3n) is 1.86. The van der Waals surface area contributed by atoms with E-state index >= 15 is 0 Å². The van der Waals surface area contributed by atoms with Gasteiger partial charge >= 0.3 is 0 Å². The van der Waals surface area contributed by atoms with E-state index in [-0.39, 0.29) is 19.0 Å². The van der Waals surface area contributed by atoms with Crippen LogP contribution in [0.1, 0.15) is 12.5 Å². The zero-order chi connectivity index (χ0) is 10.2. The summed E-state index contributed by atoms with van der Waals surface area (Å²) in [7, 11) is 0. The van der Waals surface area contributed by atoms with Gasteiger partial charge in [0.1, 0.15) is 12.4 Å². The fourth-order valence-electron chi connectivity index (χ4n) is 1.14. The van der Waals surface area contributed by atoms with E-state index in [2.05, 4.69) is 12.2 Å². The van der Waals surface area contributed by atoms with Crippen molar-refractivity contribution in [2.24, 2.45) is 0 Å². The molecule has 15 heavy (non-hydrogen) atoms. The first-order valence-corrected chi connectivity index (χ1v) is 4.90. The van der Waals surface area contributed by atoms with Gasteiger partial charge in [-0.1, -0.05) is 19.1 Å². The Hall–Kier alpha value is -0.770. The number of aliphatic hydroxyl groups is 1. The Morgan fingerprint density at radius 2 is 1.93 bits per heavy atom. The van der Waals surface area contributed by atoms with E-state index in [1.165, 1.54) is 5.56 Å². The number of hydrogen-bond donors (Lipinski definition) is 2. The minimum absolute atomic E-state index is 0. The van der Waals surface area contributed by atoms with Crippen molar-refractivity contribution < 1.29 is 9.84 Å². The van der Waals surface area contributed by atoms with Crippen LogP contribution < -0.4 is 10.1 Å². The van der Waals surface area contributed by atoms with Crippen LogP contribution in [0.2, 0.25) is 0 Å². The van der Waals surface area contributed by atoms with E-state index in [0.717, 1.165) is 18.8 Å². The van der Waals surface area contributed by atoms with Crippen molar-refractivity contribution in [3.8, 4) is 5.75 Å². The lowest BCUT2D eigenvalue weighted by Gasteiger charge is -2.05. The molecule has 2 N–H and O–H groups in total. The number of aliphatic hydroxyl groups excluding tert-OH is 1. The van der Waals surface area contributed by atoms with Crippen molar-refractivity contribution in [2.75, 3.05) is 19.8 Å². The van der Waals surface area contributed by atoms with Gasteiger partial charge in [-0.05, 0) is 24.2 Å². The molecule has 1 aromatic carbocycles. The molecule has 0 heterocycles. The molecule has 0 unspecified atom stereocenters. The highest BCUT2D eigenvalue weighted by atomic mass is 35.5. The second-order valence-corrected chi connectivity index (χ2v) is 3.00. The van der Waals surface area contributed by atoms with Crippen LogP contribution >= 0.6 is 12.4 Å². The highest BCUT2D eigenvalue weighted by Crippen LogP contribution is 2.11. The first kappa shape index (κ1) is 14.2. The molecule has 3 nitrogen and oxygen atoms in total.